The molecule has 0 spiro atoms. The minimum Gasteiger partial charge on any atom is -0.338 e. The highest BCUT2D eigenvalue weighted by Gasteiger charge is 2.34. The number of sulfone groups is 1. The van der Waals surface area contributed by atoms with Gasteiger partial charge in [0.2, 0.25) is 0 Å². The van der Waals surface area contributed by atoms with Crippen LogP contribution in [0.3, 0.4) is 0 Å². The van der Waals surface area contributed by atoms with Gasteiger partial charge in [-0.3, -0.25) is 4.79 Å². The van der Waals surface area contributed by atoms with Crippen LogP contribution in [0, 0.1) is 5.82 Å². The molecule has 150 valence electrons. The molecule has 0 saturated carbocycles. The third kappa shape index (κ3) is 4.52. The highest BCUT2D eigenvalue weighted by atomic mass is 32.2. The highest BCUT2D eigenvalue weighted by Crippen LogP contribution is 2.33. The zero-order valence-corrected chi connectivity index (χ0v) is 16.4. The van der Waals surface area contributed by atoms with E-state index in [1.165, 1.54) is 35.2 Å². The summed E-state index contributed by atoms with van der Waals surface area (Å²) in [4.78, 5) is 14.4. The minimum absolute atomic E-state index is 0.0408. The first-order chi connectivity index (χ1) is 13.3. The maximum Gasteiger partial charge on any atom is 0.288 e. The van der Waals surface area contributed by atoms with Crippen LogP contribution in [0.4, 0.5) is 13.2 Å². The second-order valence-corrected chi connectivity index (χ2v) is 9.67. The van der Waals surface area contributed by atoms with Crippen molar-refractivity contribution in [3.8, 4) is 0 Å². The third-order valence-corrected chi connectivity index (χ3v) is 7.51. The van der Waals surface area contributed by atoms with Crippen LogP contribution in [0.5, 0.6) is 0 Å². The number of benzene rings is 2. The van der Waals surface area contributed by atoms with Gasteiger partial charge in [-0.25, -0.2) is 12.8 Å². The topological polar surface area (TPSA) is 54.5 Å². The van der Waals surface area contributed by atoms with Crippen molar-refractivity contribution in [1.29, 1.82) is 0 Å². The lowest BCUT2D eigenvalue weighted by atomic mass is 10.1. The van der Waals surface area contributed by atoms with Crippen molar-refractivity contribution in [3.05, 3.63) is 65.5 Å². The SMILES string of the molecule is O=C(c1ccccc1SC(F)F)N1CC[C@H](c2ccccc2F)S(=O)(=O)CC1. The van der Waals surface area contributed by atoms with Gasteiger partial charge in [0.15, 0.2) is 9.84 Å². The van der Waals surface area contributed by atoms with Crippen LogP contribution < -0.4 is 0 Å². The first kappa shape index (κ1) is 20.7. The Morgan fingerprint density at radius 1 is 1.07 bits per heavy atom. The lowest BCUT2D eigenvalue weighted by Gasteiger charge is -2.21. The average molecular weight is 429 g/mol. The molecule has 2 aromatic rings. The van der Waals surface area contributed by atoms with Crippen molar-refractivity contribution in [3.63, 3.8) is 0 Å². The summed E-state index contributed by atoms with van der Waals surface area (Å²) in [6.07, 6.45) is 0.0408. The Morgan fingerprint density at radius 2 is 1.75 bits per heavy atom. The molecule has 0 radical (unpaired) electrons. The molecule has 1 atom stereocenters. The van der Waals surface area contributed by atoms with Crippen LogP contribution in [-0.2, 0) is 9.84 Å². The average Bonchev–Trinajstić information content (AvgIpc) is 2.80. The number of nitrogens with zero attached hydrogens (tertiary/aromatic N) is 1. The lowest BCUT2D eigenvalue weighted by molar-refractivity contribution is 0.0763. The van der Waals surface area contributed by atoms with E-state index in [0.29, 0.717) is 0 Å². The first-order valence-electron chi connectivity index (χ1n) is 8.58. The molecular weight excluding hydrogens is 411 g/mol. The van der Waals surface area contributed by atoms with Crippen molar-refractivity contribution in [2.24, 2.45) is 0 Å². The van der Waals surface area contributed by atoms with E-state index in [1.54, 1.807) is 18.2 Å². The molecule has 0 bridgehead atoms. The maximum absolute atomic E-state index is 14.1. The van der Waals surface area contributed by atoms with Gasteiger partial charge >= 0.3 is 0 Å². The molecule has 1 heterocycles. The molecule has 0 aliphatic carbocycles. The van der Waals surface area contributed by atoms with Crippen molar-refractivity contribution < 1.29 is 26.4 Å². The Balaban J connectivity index is 1.85. The molecule has 1 aliphatic rings. The molecule has 0 unspecified atom stereocenters. The van der Waals surface area contributed by atoms with E-state index >= 15 is 0 Å². The van der Waals surface area contributed by atoms with Gasteiger partial charge in [0.1, 0.15) is 5.82 Å². The van der Waals surface area contributed by atoms with Crippen LogP contribution in [0.1, 0.15) is 27.6 Å². The zero-order valence-electron chi connectivity index (χ0n) is 14.7. The summed E-state index contributed by atoms with van der Waals surface area (Å²) < 4.78 is 65.0. The van der Waals surface area contributed by atoms with Crippen molar-refractivity contribution >= 4 is 27.5 Å². The lowest BCUT2D eigenvalue weighted by Crippen LogP contribution is -2.34. The number of hydrogen-bond donors (Lipinski definition) is 0. The second-order valence-electron chi connectivity index (χ2n) is 6.33. The number of alkyl halides is 2. The van der Waals surface area contributed by atoms with Crippen LogP contribution in [0.25, 0.3) is 0 Å². The van der Waals surface area contributed by atoms with Gasteiger partial charge in [-0.05, 0) is 24.6 Å². The van der Waals surface area contributed by atoms with E-state index in [1.807, 2.05) is 0 Å². The van der Waals surface area contributed by atoms with E-state index in [9.17, 15) is 26.4 Å². The second kappa shape index (κ2) is 8.57. The summed E-state index contributed by atoms with van der Waals surface area (Å²) in [6.45, 7) is 0.0184. The number of halogens is 3. The molecule has 28 heavy (non-hydrogen) atoms. The Bertz CT molecular complexity index is 966. The molecule has 1 saturated heterocycles. The standard InChI is InChI=1S/C19H18F3NO3S2/c20-15-7-3-1-5-13(15)17-9-10-23(11-12-28(17,25)26)18(24)14-6-2-4-8-16(14)27-19(21)22/h1-8,17,19H,9-12H2/t17-/m1/s1. The molecule has 1 fully saturated rings. The monoisotopic (exact) mass is 429 g/mol. The van der Waals surface area contributed by atoms with E-state index in [0.717, 1.165) is 0 Å². The summed E-state index contributed by atoms with van der Waals surface area (Å²) in [6, 6.07) is 11.7. The molecular formula is C19H18F3NO3S2. The number of carbonyl (C=O) groups is 1. The van der Waals surface area contributed by atoms with Crippen molar-refractivity contribution in [2.75, 3.05) is 18.8 Å². The van der Waals surface area contributed by atoms with Gasteiger partial charge in [-0.1, -0.05) is 42.1 Å². The van der Waals surface area contributed by atoms with Gasteiger partial charge in [0.05, 0.1) is 16.6 Å². The van der Waals surface area contributed by atoms with Crippen LogP contribution in [0.2, 0.25) is 0 Å². The molecule has 1 amide bonds. The largest absolute Gasteiger partial charge is 0.338 e. The zero-order chi connectivity index (χ0) is 20.3. The molecule has 2 aromatic carbocycles. The van der Waals surface area contributed by atoms with Crippen LogP contribution in [0.15, 0.2) is 53.4 Å². The van der Waals surface area contributed by atoms with Gasteiger partial charge in [0, 0.05) is 23.5 Å². The van der Waals surface area contributed by atoms with Gasteiger partial charge in [-0.2, -0.15) is 8.78 Å². The number of amides is 1. The van der Waals surface area contributed by atoms with Crippen molar-refractivity contribution in [1.82, 2.24) is 4.90 Å². The molecule has 9 heteroatoms. The van der Waals surface area contributed by atoms with Crippen LogP contribution in [-0.4, -0.2) is 43.8 Å². The van der Waals surface area contributed by atoms with E-state index in [2.05, 4.69) is 0 Å². The van der Waals surface area contributed by atoms with Crippen molar-refractivity contribution in [2.45, 2.75) is 22.3 Å². The van der Waals surface area contributed by atoms with Gasteiger partial charge in [0.25, 0.3) is 11.7 Å². The fourth-order valence-corrected chi connectivity index (χ4v) is 5.68. The summed E-state index contributed by atoms with van der Waals surface area (Å²) >= 11 is 0.273. The van der Waals surface area contributed by atoms with Gasteiger partial charge in [-0.15, -0.1) is 0 Å². The Labute approximate surface area is 165 Å². The van der Waals surface area contributed by atoms with Gasteiger partial charge < -0.3 is 4.90 Å². The quantitative estimate of drug-likeness (QED) is 0.686. The normalized spacial score (nSPS) is 19.4. The molecule has 0 aromatic heterocycles. The smallest absolute Gasteiger partial charge is 0.288 e. The Morgan fingerprint density at radius 3 is 2.46 bits per heavy atom. The summed E-state index contributed by atoms with van der Waals surface area (Å²) in [5.41, 5.74) is 0.194. The molecule has 3 rings (SSSR count). The minimum atomic E-state index is -3.67. The summed E-state index contributed by atoms with van der Waals surface area (Å²) in [7, 11) is -3.67. The van der Waals surface area contributed by atoms with E-state index < -0.39 is 32.6 Å². The molecule has 0 N–H and O–H groups in total. The Hall–Kier alpha value is -2.00. The maximum atomic E-state index is 14.1. The predicted molar refractivity (Wildman–Crippen MR) is 102 cm³/mol. The number of thioether (sulfide) groups is 1. The third-order valence-electron chi connectivity index (χ3n) is 4.61. The number of rotatable bonds is 4. The fraction of sp³-hybridized carbons (Fsp3) is 0.316. The van der Waals surface area contributed by atoms with Crippen LogP contribution >= 0.6 is 11.8 Å². The predicted octanol–water partition coefficient (Wildman–Crippen LogP) is 4.14. The Kier molecular flexibility index (Phi) is 6.34. The van der Waals surface area contributed by atoms with E-state index in [4.69, 9.17) is 0 Å². The summed E-state index contributed by atoms with van der Waals surface area (Å²) in [5.74, 6) is -4.10. The first-order valence-corrected chi connectivity index (χ1v) is 11.2. The fourth-order valence-electron chi connectivity index (χ4n) is 3.24. The number of hydrogen-bond acceptors (Lipinski definition) is 4. The summed E-state index contributed by atoms with van der Waals surface area (Å²) in [5, 5.41) is -1.04. The van der Waals surface area contributed by atoms with E-state index in [-0.39, 0.29) is 53.0 Å². The molecule has 4 nitrogen and oxygen atoms in total. The number of carbonyl (C=O) groups excluding carboxylic acids is 1. The molecule has 1 aliphatic heterocycles. The highest BCUT2D eigenvalue weighted by molar-refractivity contribution is 7.99.